The maximum Gasteiger partial charge on any atom is 0.360 e. The van der Waals surface area contributed by atoms with Gasteiger partial charge in [-0.05, 0) is 0 Å². The number of rotatable bonds is 3. The predicted octanol–water partition coefficient (Wildman–Crippen LogP) is 0.131. The minimum atomic E-state index is -0.655. The SMILES string of the molecule is COC(=O)c1nccnc1NC(=O)CS. The number of anilines is 1. The molecule has 6 nitrogen and oxygen atoms in total. The number of ether oxygens (including phenoxy) is 1. The van der Waals surface area contributed by atoms with Crippen LogP contribution in [0, 0.1) is 0 Å². The molecule has 1 rings (SSSR count). The molecule has 15 heavy (non-hydrogen) atoms. The number of nitrogens with zero attached hydrogens (tertiary/aromatic N) is 2. The molecule has 0 radical (unpaired) electrons. The quantitative estimate of drug-likeness (QED) is 0.566. The maximum absolute atomic E-state index is 11.2. The highest BCUT2D eigenvalue weighted by atomic mass is 32.1. The lowest BCUT2D eigenvalue weighted by atomic mass is 10.4. The summed E-state index contributed by atoms with van der Waals surface area (Å²) in [5, 5.41) is 2.39. The molecule has 0 fully saturated rings. The molecule has 0 aliphatic heterocycles. The first-order valence-electron chi connectivity index (χ1n) is 3.99. The van der Waals surface area contributed by atoms with Gasteiger partial charge in [-0.2, -0.15) is 12.6 Å². The molecule has 0 aromatic carbocycles. The summed E-state index contributed by atoms with van der Waals surface area (Å²) in [4.78, 5) is 29.8. The average Bonchev–Trinajstić information content (AvgIpc) is 2.28. The Kier molecular flexibility index (Phi) is 4.04. The maximum atomic E-state index is 11.2. The highest BCUT2D eigenvalue weighted by molar-refractivity contribution is 7.81. The zero-order valence-electron chi connectivity index (χ0n) is 7.93. The second-order valence-electron chi connectivity index (χ2n) is 2.45. The standard InChI is InChI=1S/C8H9N3O3S/c1-14-8(13)6-7(10-3-2-9-6)11-5(12)4-15/h2-3,15H,4H2,1H3,(H,10,11,12). The molecule has 1 heterocycles. The van der Waals surface area contributed by atoms with Crippen LogP contribution in [0.25, 0.3) is 0 Å². The minimum Gasteiger partial charge on any atom is -0.464 e. The van der Waals surface area contributed by atoms with Crippen LogP contribution in [-0.4, -0.2) is 34.7 Å². The smallest absolute Gasteiger partial charge is 0.360 e. The van der Waals surface area contributed by atoms with Gasteiger partial charge in [-0.15, -0.1) is 0 Å². The van der Waals surface area contributed by atoms with Crippen molar-refractivity contribution in [3.63, 3.8) is 0 Å². The van der Waals surface area contributed by atoms with Crippen molar-refractivity contribution < 1.29 is 14.3 Å². The molecule has 1 amide bonds. The number of esters is 1. The molecule has 0 saturated carbocycles. The van der Waals surface area contributed by atoms with Gasteiger partial charge in [0.05, 0.1) is 12.9 Å². The summed E-state index contributed by atoms with van der Waals surface area (Å²) in [7, 11) is 1.22. The van der Waals surface area contributed by atoms with Crippen molar-refractivity contribution in [3.05, 3.63) is 18.1 Å². The largest absolute Gasteiger partial charge is 0.464 e. The molecular formula is C8H9N3O3S. The van der Waals surface area contributed by atoms with Gasteiger partial charge >= 0.3 is 5.97 Å². The van der Waals surface area contributed by atoms with Crippen molar-refractivity contribution in [2.45, 2.75) is 0 Å². The molecule has 0 bridgehead atoms. The highest BCUT2D eigenvalue weighted by Gasteiger charge is 2.15. The fourth-order valence-electron chi connectivity index (χ4n) is 0.847. The van der Waals surface area contributed by atoms with E-state index in [4.69, 9.17) is 0 Å². The second kappa shape index (κ2) is 5.30. The Morgan fingerprint density at radius 1 is 1.47 bits per heavy atom. The third kappa shape index (κ3) is 2.91. The molecule has 0 aliphatic carbocycles. The van der Waals surface area contributed by atoms with Gasteiger partial charge in [0.25, 0.3) is 0 Å². The van der Waals surface area contributed by atoms with E-state index in [2.05, 4.69) is 32.7 Å². The average molecular weight is 227 g/mol. The summed E-state index contributed by atoms with van der Waals surface area (Å²) in [6.07, 6.45) is 2.70. The zero-order chi connectivity index (χ0) is 11.3. The molecule has 7 heteroatoms. The van der Waals surface area contributed by atoms with Crippen LogP contribution >= 0.6 is 12.6 Å². The number of thiol groups is 1. The van der Waals surface area contributed by atoms with Crippen LogP contribution in [0.5, 0.6) is 0 Å². The molecule has 80 valence electrons. The lowest BCUT2D eigenvalue weighted by Gasteiger charge is -2.05. The summed E-state index contributed by atoms with van der Waals surface area (Å²) in [5.74, 6) is -0.957. The topological polar surface area (TPSA) is 81.2 Å². The number of carbonyl (C=O) groups is 2. The molecule has 0 spiro atoms. The van der Waals surface area contributed by atoms with Crippen LogP contribution in [0.4, 0.5) is 5.82 Å². The third-order valence-corrected chi connectivity index (χ3v) is 1.77. The van der Waals surface area contributed by atoms with Gasteiger partial charge in [0, 0.05) is 12.4 Å². The molecule has 0 atom stereocenters. The first kappa shape index (κ1) is 11.4. The summed E-state index contributed by atoms with van der Waals surface area (Å²) >= 11 is 3.78. The van der Waals surface area contributed by atoms with Crippen LogP contribution in [0.1, 0.15) is 10.5 Å². The monoisotopic (exact) mass is 227 g/mol. The predicted molar refractivity (Wildman–Crippen MR) is 55.9 cm³/mol. The van der Waals surface area contributed by atoms with Crippen molar-refractivity contribution >= 4 is 30.3 Å². The minimum absolute atomic E-state index is 0.00279. The summed E-state index contributed by atoms with van der Waals surface area (Å²) in [6, 6.07) is 0. The van der Waals surface area contributed by atoms with E-state index in [0.29, 0.717) is 0 Å². The molecule has 0 unspecified atom stereocenters. The lowest BCUT2D eigenvalue weighted by Crippen LogP contribution is -2.18. The normalized spacial score (nSPS) is 9.47. The van der Waals surface area contributed by atoms with Crippen molar-refractivity contribution in [2.24, 2.45) is 0 Å². The first-order chi connectivity index (χ1) is 7.19. The van der Waals surface area contributed by atoms with Gasteiger partial charge in [0.2, 0.25) is 5.91 Å². The number of nitrogens with one attached hydrogen (secondary N) is 1. The van der Waals surface area contributed by atoms with E-state index in [9.17, 15) is 9.59 Å². The van der Waals surface area contributed by atoms with Crippen LogP contribution in [0.2, 0.25) is 0 Å². The number of hydrogen-bond donors (Lipinski definition) is 2. The van der Waals surface area contributed by atoms with Crippen molar-refractivity contribution in [2.75, 3.05) is 18.2 Å². The number of hydrogen-bond acceptors (Lipinski definition) is 6. The first-order valence-corrected chi connectivity index (χ1v) is 4.62. The Hall–Kier alpha value is -1.63. The van der Waals surface area contributed by atoms with Gasteiger partial charge in [0.15, 0.2) is 11.5 Å². The third-order valence-electron chi connectivity index (χ3n) is 1.48. The van der Waals surface area contributed by atoms with E-state index in [1.807, 2.05) is 0 Å². The highest BCUT2D eigenvalue weighted by Crippen LogP contribution is 2.09. The van der Waals surface area contributed by atoms with Crippen LogP contribution in [0.3, 0.4) is 0 Å². The van der Waals surface area contributed by atoms with Crippen LogP contribution in [-0.2, 0) is 9.53 Å². The Labute approximate surface area is 91.5 Å². The van der Waals surface area contributed by atoms with Gasteiger partial charge < -0.3 is 10.1 Å². The van der Waals surface area contributed by atoms with Crippen LogP contribution < -0.4 is 5.32 Å². The lowest BCUT2D eigenvalue weighted by molar-refractivity contribution is -0.113. The fourth-order valence-corrected chi connectivity index (χ4v) is 0.926. The summed E-state index contributed by atoms with van der Waals surface area (Å²) in [5.41, 5.74) is -0.0323. The van der Waals surface area contributed by atoms with E-state index in [1.54, 1.807) is 0 Å². The number of carbonyl (C=O) groups excluding carboxylic acids is 2. The van der Waals surface area contributed by atoms with E-state index in [0.717, 1.165) is 0 Å². The van der Waals surface area contributed by atoms with E-state index >= 15 is 0 Å². The Morgan fingerprint density at radius 3 is 2.73 bits per heavy atom. The molecule has 0 aliphatic rings. The van der Waals surface area contributed by atoms with Gasteiger partial charge in [0.1, 0.15) is 0 Å². The molecule has 1 aromatic rings. The van der Waals surface area contributed by atoms with Gasteiger partial charge in [-0.25, -0.2) is 14.8 Å². The molecule has 1 N–H and O–H groups in total. The number of aromatic nitrogens is 2. The Balaban J connectivity index is 2.96. The summed E-state index contributed by atoms with van der Waals surface area (Å²) in [6.45, 7) is 0. The van der Waals surface area contributed by atoms with Crippen LogP contribution in [0.15, 0.2) is 12.4 Å². The fraction of sp³-hybridized carbons (Fsp3) is 0.250. The van der Waals surface area contributed by atoms with E-state index in [-0.39, 0.29) is 23.2 Å². The zero-order valence-corrected chi connectivity index (χ0v) is 8.82. The van der Waals surface area contributed by atoms with Gasteiger partial charge in [-0.1, -0.05) is 0 Å². The van der Waals surface area contributed by atoms with Gasteiger partial charge in [-0.3, -0.25) is 4.79 Å². The molecule has 0 saturated heterocycles. The van der Waals surface area contributed by atoms with Crippen molar-refractivity contribution in [1.82, 2.24) is 9.97 Å². The number of methoxy groups -OCH3 is 1. The Morgan fingerprint density at radius 2 is 2.13 bits per heavy atom. The molecular weight excluding hydrogens is 218 g/mol. The van der Waals surface area contributed by atoms with E-state index in [1.165, 1.54) is 19.5 Å². The second-order valence-corrected chi connectivity index (χ2v) is 2.77. The van der Waals surface area contributed by atoms with Crippen molar-refractivity contribution in [3.8, 4) is 0 Å². The number of amides is 1. The molecule has 1 aromatic heterocycles. The van der Waals surface area contributed by atoms with Crippen molar-refractivity contribution in [1.29, 1.82) is 0 Å². The van der Waals surface area contributed by atoms with E-state index < -0.39 is 5.97 Å². The summed E-state index contributed by atoms with van der Waals surface area (Å²) < 4.78 is 4.48. The Bertz CT molecular complexity index is 383.